The van der Waals surface area contributed by atoms with Crippen LogP contribution >= 0.6 is 0 Å². The molecule has 0 heterocycles. The van der Waals surface area contributed by atoms with Crippen LogP contribution in [0.3, 0.4) is 0 Å². The number of esters is 1. The van der Waals surface area contributed by atoms with Gasteiger partial charge >= 0.3 is 5.97 Å². The van der Waals surface area contributed by atoms with Crippen LogP contribution in [0.5, 0.6) is 0 Å². The van der Waals surface area contributed by atoms with E-state index >= 15 is 0 Å². The molecule has 1 unspecified atom stereocenters. The Labute approximate surface area is 108 Å². The van der Waals surface area contributed by atoms with Gasteiger partial charge in [0.25, 0.3) is 0 Å². The molecule has 18 heavy (non-hydrogen) atoms. The molecule has 2 rings (SSSR count). The normalized spacial score (nSPS) is 18.3. The van der Waals surface area contributed by atoms with Gasteiger partial charge in [0.1, 0.15) is 0 Å². The van der Waals surface area contributed by atoms with Crippen molar-refractivity contribution in [1.29, 1.82) is 0 Å². The molecule has 3 heteroatoms. The van der Waals surface area contributed by atoms with E-state index in [0.717, 1.165) is 12.8 Å². The highest BCUT2D eigenvalue weighted by atomic mass is 16.5. The van der Waals surface area contributed by atoms with Crippen LogP contribution in [0.4, 0.5) is 0 Å². The predicted octanol–water partition coefficient (Wildman–Crippen LogP) is 3.09. The molecule has 98 valence electrons. The Hall–Kier alpha value is -1.35. The van der Waals surface area contributed by atoms with Crippen LogP contribution in [-0.4, -0.2) is 18.2 Å². The van der Waals surface area contributed by atoms with Gasteiger partial charge in [0.15, 0.2) is 0 Å². The summed E-state index contributed by atoms with van der Waals surface area (Å²) in [6.07, 6.45) is 5.11. The van der Waals surface area contributed by atoms with E-state index in [9.17, 15) is 9.90 Å². The zero-order chi connectivity index (χ0) is 13.0. The van der Waals surface area contributed by atoms with Gasteiger partial charge < -0.3 is 9.84 Å². The van der Waals surface area contributed by atoms with Crippen molar-refractivity contribution in [3.63, 3.8) is 0 Å². The molecule has 1 saturated carbocycles. The smallest absolute Gasteiger partial charge is 0.338 e. The van der Waals surface area contributed by atoms with Gasteiger partial charge in [0.05, 0.1) is 18.8 Å². The zero-order valence-electron chi connectivity index (χ0n) is 10.8. The van der Waals surface area contributed by atoms with Gasteiger partial charge in [-0.2, -0.15) is 0 Å². The van der Waals surface area contributed by atoms with Crippen molar-refractivity contribution in [2.45, 2.75) is 38.2 Å². The molecule has 0 amide bonds. The van der Waals surface area contributed by atoms with Crippen molar-refractivity contribution in [3.8, 4) is 0 Å². The van der Waals surface area contributed by atoms with Gasteiger partial charge in [-0.15, -0.1) is 0 Å². The number of aliphatic hydroxyl groups is 1. The van der Waals surface area contributed by atoms with E-state index < -0.39 is 6.10 Å². The summed E-state index contributed by atoms with van der Waals surface area (Å²) in [6, 6.07) is 7.19. The Morgan fingerprint density at radius 1 is 1.28 bits per heavy atom. The highest BCUT2D eigenvalue weighted by molar-refractivity contribution is 5.91. The minimum atomic E-state index is -0.555. The molecular formula is C15H20O3. The lowest BCUT2D eigenvalue weighted by molar-refractivity contribution is 0.0572. The summed E-state index contributed by atoms with van der Waals surface area (Å²) in [5, 5.41) is 10.5. The fourth-order valence-corrected chi connectivity index (χ4v) is 2.75. The van der Waals surface area contributed by atoms with Crippen LogP contribution in [0.25, 0.3) is 0 Å². The number of carbonyl (C=O) groups excluding carboxylic acids is 1. The maximum atomic E-state index is 11.7. The summed E-state index contributed by atoms with van der Waals surface area (Å²) in [5.74, 6) is -0.106. The van der Waals surface area contributed by atoms with Crippen molar-refractivity contribution in [1.82, 2.24) is 0 Å². The molecule has 1 atom stereocenters. The average Bonchev–Trinajstić information content (AvgIpc) is 2.46. The van der Waals surface area contributed by atoms with E-state index in [2.05, 4.69) is 0 Å². The Morgan fingerprint density at radius 3 is 2.61 bits per heavy atom. The van der Waals surface area contributed by atoms with Gasteiger partial charge in [0, 0.05) is 0 Å². The summed E-state index contributed by atoms with van der Waals surface area (Å²) in [6.45, 7) is 0. The molecule has 1 aromatic rings. The third-order valence-corrected chi connectivity index (χ3v) is 3.78. The van der Waals surface area contributed by atoms with Gasteiger partial charge in [-0.25, -0.2) is 4.79 Å². The predicted molar refractivity (Wildman–Crippen MR) is 69.3 cm³/mol. The Kier molecular flexibility index (Phi) is 4.37. The van der Waals surface area contributed by atoms with E-state index in [1.807, 2.05) is 12.1 Å². The van der Waals surface area contributed by atoms with Crippen LogP contribution in [0, 0.1) is 5.92 Å². The molecule has 0 spiro atoms. The molecule has 1 N–H and O–H groups in total. The minimum Gasteiger partial charge on any atom is -0.465 e. The monoisotopic (exact) mass is 248 g/mol. The second kappa shape index (κ2) is 6.01. The van der Waals surface area contributed by atoms with Crippen LogP contribution in [0.15, 0.2) is 24.3 Å². The molecule has 3 nitrogen and oxygen atoms in total. The number of hydrogen-bond acceptors (Lipinski definition) is 3. The fraction of sp³-hybridized carbons (Fsp3) is 0.533. The standard InChI is InChI=1S/C15H20O3/c1-18-15(17)13-10-6-5-9-12(13)14(16)11-7-3-2-4-8-11/h5-6,9-11,14,16H,2-4,7-8H2,1H3. The summed E-state index contributed by atoms with van der Waals surface area (Å²) in [7, 11) is 1.37. The summed E-state index contributed by atoms with van der Waals surface area (Å²) in [5.41, 5.74) is 1.19. The fourth-order valence-electron chi connectivity index (χ4n) is 2.75. The van der Waals surface area contributed by atoms with Gasteiger partial charge in [-0.3, -0.25) is 0 Å². The van der Waals surface area contributed by atoms with Crippen LogP contribution in [0.1, 0.15) is 54.1 Å². The largest absolute Gasteiger partial charge is 0.465 e. The molecule has 1 aliphatic carbocycles. The number of ether oxygens (including phenoxy) is 1. The summed E-state index contributed by atoms with van der Waals surface area (Å²) in [4.78, 5) is 11.7. The van der Waals surface area contributed by atoms with Gasteiger partial charge in [-0.05, 0) is 30.4 Å². The highest BCUT2D eigenvalue weighted by Crippen LogP contribution is 2.35. The summed E-state index contributed by atoms with van der Waals surface area (Å²) >= 11 is 0. The molecular weight excluding hydrogens is 228 g/mol. The number of rotatable bonds is 3. The Morgan fingerprint density at radius 2 is 1.94 bits per heavy atom. The van der Waals surface area contributed by atoms with Crippen LogP contribution in [-0.2, 0) is 4.74 Å². The van der Waals surface area contributed by atoms with Crippen molar-refractivity contribution in [3.05, 3.63) is 35.4 Å². The SMILES string of the molecule is COC(=O)c1ccccc1C(O)C1CCCCC1. The molecule has 0 saturated heterocycles. The molecule has 0 aliphatic heterocycles. The number of aliphatic hydroxyl groups excluding tert-OH is 1. The Bertz CT molecular complexity index is 408. The molecule has 1 aliphatic rings. The van der Waals surface area contributed by atoms with Crippen LogP contribution in [0.2, 0.25) is 0 Å². The molecule has 1 aromatic carbocycles. The lowest BCUT2D eigenvalue weighted by Gasteiger charge is -2.27. The molecule has 1 fully saturated rings. The molecule has 0 aromatic heterocycles. The van der Waals surface area contributed by atoms with Crippen molar-refractivity contribution >= 4 is 5.97 Å². The first-order valence-electron chi connectivity index (χ1n) is 6.59. The van der Waals surface area contributed by atoms with Gasteiger partial charge in [-0.1, -0.05) is 37.5 Å². The van der Waals surface area contributed by atoms with Crippen molar-refractivity contribution in [2.24, 2.45) is 5.92 Å². The van der Waals surface area contributed by atoms with Crippen molar-refractivity contribution in [2.75, 3.05) is 7.11 Å². The summed E-state index contributed by atoms with van der Waals surface area (Å²) < 4.78 is 4.76. The van der Waals surface area contributed by atoms with Crippen molar-refractivity contribution < 1.29 is 14.6 Å². The van der Waals surface area contributed by atoms with E-state index in [1.54, 1.807) is 12.1 Å². The van der Waals surface area contributed by atoms with E-state index in [1.165, 1.54) is 26.4 Å². The number of hydrogen-bond donors (Lipinski definition) is 1. The quantitative estimate of drug-likeness (QED) is 0.836. The lowest BCUT2D eigenvalue weighted by Crippen LogP contribution is -2.18. The topological polar surface area (TPSA) is 46.5 Å². The first kappa shape index (κ1) is 13.1. The van der Waals surface area contributed by atoms with E-state index in [0.29, 0.717) is 11.1 Å². The minimum absolute atomic E-state index is 0.268. The average molecular weight is 248 g/mol. The number of methoxy groups -OCH3 is 1. The maximum absolute atomic E-state index is 11.7. The third kappa shape index (κ3) is 2.72. The molecule has 0 bridgehead atoms. The first-order chi connectivity index (χ1) is 8.74. The van der Waals surface area contributed by atoms with E-state index in [4.69, 9.17) is 4.74 Å². The second-order valence-corrected chi connectivity index (χ2v) is 4.92. The second-order valence-electron chi connectivity index (χ2n) is 4.92. The number of benzene rings is 1. The van der Waals surface area contributed by atoms with E-state index in [-0.39, 0.29) is 11.9 Å². The maximum Gasteiger partial charge on any atom is 0.338 e. The van der Waals surface area contributed by atoms with Crippen LogP contribution < -0.4 is 0 Å². The Balaban J connectivity index is 2.23. The highest BCUT2D eigenvalue weighted by Gasteiger charge is 2.26. The third-order valence-electron chi connectivity index (χ3n) is 3.78. The number of carbonyl (C=O) groups is 1. The van der Waals surface area contributed by atoms with Gasteiger partial charge in [0.2, 0.25) is 0 Å². The zero-order valence-corrected chi connectivity index (χ0v) is 10.8. The first-order valence-corrected chi connectivity index (χ1v) is 6.59. The molecule has 0 radical (unpaired) electrons. The lowest BCUT2D eigenvalue weighted by atomic mass is 9.81.